The Hall–Kier alpha value is -1.59. The molecule has 1 aromatic rings. The molecular weight excluding hydrogens is 232 g/mol. The summed E-state index contributed by atoms with van der Waals surface area (Å²) in [6, 6.07) is 2.48. The van der Waals surface area contributed by atoms with Gasteiger partial charge >= 0.3 is 5.97 Å². The standard InChI is InChI=1S/C13H20N2O3/c1-7-4-9(5-8(2)12(7)18-3)10(14)6-11(15)13(16)17/h4-5,10-11H,6,14-15H2,1-3H3,(H,16,17). The highest BCUT2D eigenvalue weighted by Gasteiger charge is 2.18. The minimum atomic E-state index is -1.03. The van der Waals surface area contributed by atoms with Gasteiger partial charge in [-0.25, -0.2) is 0 Å². The lowest BCUT2D eigenvalue weighted by Gasteiger charge is -2.18. The maximum Gasteiger partial charge on any atom is 0.320 e. The topological polar surface area (TPSA) is 98.6 Å². The maximum atomic E-state index is 10.7. The van der Waals surface area contributed by atoms with Gasteiger partial charge in [-0.3, -0.25) is 4.79 Å². The van der Waals surface area contributed by atoms with Crippen LogP contribution in [0, 0.1) is 13.8 Å². The summed E-state index contributed by atoms with van der Waals surface area (Å²) < 4.78 is 5.27. The van der Waals surface area contributed by atoms with Crippen LogP contribution in [0.5, 0.6) is 5.75 Å². The molecule has 5 nitrogen and oxygen atoms in total. The third-order valence-corrected chi connectivity index (χ3v) is 2.94. The lowest BCUT2D eigenvalue weighted by Crippen LogP contribution is -2.33. The summed E-state index contributed by atoms with van der Waals surface area (Å²) in [4.78, 5) is 10.7. The van der Waals surface area contributed by atoms with E-state index in [1.807, 2.05) is 26.0 Å². The summed E-state index contributed by atoms with van der Waals surface area (Å²) in [6.45, 7) is 3.86. The molecule has 2 atom stereocenters. The van der Waals surface area contributed by atoms with Crippen molar-refractivity contribution in [2.45, 2.75) is 32.4 Å². The Morgan fingerprint density at radius 2 is 1.83 bits per heavy atom. The minimum absolute atomic E-state index is 0.209. The molecule has 5 heteroatoms. The number of carbonyl (C=O) groups is 1. The third kappa shape index (κ3) is 3.21. The Balaban J connectivity index is 2.93. The van der Waals surface area contributed by atoms with Crippen molar-refractivity contribution in [3.8, 4) is 5.75 Å². The highest BCUT2D eigenvalue weighted by atomic mass is 16.5. The molecule has 0 fully saturated rings. The van der Waals surface area contributed by atoms with Gasteiger partial charge in [0.25, 0.3) is 0 Å². The average Bonchev–Trinajstić information content (AvgIpc) is 2.28. The third-order valence-electron chi connectivity index (χ3n) is 2.94. The second-order valence-electron chi connectivity index (χ2n) is 4.47. The molecule has 0 heterocycles. The zero-order valence-electron chi connectivity index (χ0n) is 10.9. The van der Waals surface area contributed by atoms with Crippen LogP contribution >= 0.6 is 0 Å². The molecule has 0 saturated heterocycles. The SMILES string of the molecule is COc1c(C)cc(C(N)CC(N)C(=O)O)cc1C. The number of hydrogen-bond donors (Lipinski definition) is 3. The van der Waals surface area contributed by atoms with Gasteiger partial charge in [0, 0.05) is 6.04 Å². The molecule has 0 saturated carbocycles. The van der Waals surface area contributed by atoms with Gasteiger partial charge in [0.1, 0.15) is 11.8 Å². The van der Waals surface area contributed by atoms with Crippen molar-refractivity contribution >= 4 is 5.97 Å². The van der Waals surface area contributed by atoms with Crippen molar-refractivity contribution in [2.75, 3.05) is 7.11 Å². The predicted molar refractivity (Wildman–Crippen MR) is 69.6 cm³/mol. The van der Waals surface area contributed by atoms with E-state index in [2.05, 4.69) is 0 Å². The molecule has 1 rings (SSSR count). The summed E-state index contributed by atoms with van der Waals surface area (Å²) in [6.07, 6.45) is 0.209. The van der Waals surface area contributed by atoms with Gasteiger partial charge in [-0.15, -0.1) is 0 Å². The van der Waals surface area contributed by atoms with E-state index in [0.29, 0.717) is 0 Å². The lowest BCUT2D eigenvalue weighted by atomic mass is 9.96. The van der Waals surface area contributed by atoms with Crippen molar-refractivity contribution < 1.29 is 14.6 Å². The smallest absolute Gasteiger partial charge is 0.320 e. The van der Waals surface area contributed by atoms with Crippen molar-refractivity contribution in [3.63, 3.8) is 0 Å². The van der Waals surface area contributed by atoms with Crippen LogP contribution in [0.15, 0.2) is 12.1 Å². The van der Waals surface area contributed by atoms with E-state index in [9.17, 15) is 4.79 Å². The van der Waals surface area contributed by atoms with Gasteiger partial charge in [-0.2, -0.15) is 0 Å². The quantitative estimate of drug-likeness (QED) is 0.729. The van der Waals surface area contributed by atoms with Crippen LogP contribution in [0.3, 0.4) is 0 Å². The summed E-state index contributed by atoms with van der Waals surface area (Å²) in [5.74, 6) is -0.208. The van der Waals surface area contributed by atoms with Gasteiger partial charge in [0.15, 0.2) is 0 Å². The number of rotatable bonds is 5. The van der Waals surface area contributed by atoms with Crippen molar-refractivity contribution in [3.05, 3.63) is 28.8 Å². The Bertz CT molecular complexity index is 423. The second kappa shape index (κ2) is 5.84. The second-order valence-corrected chi connectivity index (χ2v) is 4.47. The molecule has 1 aromatic carbocycles. The van der Waals surface area contributed by atoms with Crippen LogP contribution < -0.4 is 16.2 Å². The van der Waals surface area contributed by atoms with E-state index in [4.69, 9.17) is 21.3 Å². The zero-order valence-corrected chi connectivity index (χ0v) is 10.9. The van der Waals surface area contributed by atoms with E-state index in [1.165, 1.54) is 0 Å². The molecule has 18 heavy (non-hydrogen) atoms. The first kappa shape index (κ1) is 14.5. The molecule has 0 spiro atoms. The molecule has 0 amide bonds. The van der Waals surface area contributed by atoms with Crippen LogP contribution in [-0.4, -0.2) is 24.2 Å². The highest BCUT2D eigenvalue weighted by Crippen LogP contribution is 2.27. The number of ether oxygens (including phenoxy) is 1. The molecule has 0 aliphatic rings. The summed E-state index contributed by atoms with van der Waals surface area (Å²) in [5.41, 5.74) is 14.3. The monoisotopic (exact) mass is 252 g/mol. The Labute approximate surface area is 107 Å². The Kier molecular flexibility index (Phi) is 4.69. The average molecular weight is 252 g/mol. The Morgan fingerprint density at radius 3 is 2.22 bits per heavy atom. The number of aryl methyl sites for hydroxylation is 2. The number of carboxylic acids is 1. The van der Waals surface area contributed by atoms with Crippen LogP contribution in [0.1, 0.15) is 29.2 Å². The number of methoxy groups -OCH3 is 1. The van der Waals surface area contributed by atoms with E-state index < -0.39 is 12.0 Å². The summed E-state index contributed by atoms with van der Waals surface area (Å²) in [5, 5.41) is 8.77. The molecule has 0 aliphatic heterocycles. The Morgan fingerprint density at radius 1 is 1.33 bits per heavy atom. The molecule has 2 unspecified atom stereocenters. The van der Waals surface area contributed by atoms with Crippen LogP contribution in [0.4, 0.5) is 0 Å². The predicted octanol–water partition coefficient (Wildman–Crippen LogP) is 1.11. The maximum absolute atomic E-state index is 10.7. The number of aliphatic carboxylic acids is 1. The van der Waals surface area contributed by atoms with Gasteiger partial charge in [0.05, 0.1) is 7.11 Å². The zero-order chi connectivity index (χ0) is 13.9. The largest absolute Gasteiger partial charge is 0.496 e. The number of benzene rings is 1. The molecule has 100 valence electrons. The summed E-state index contributed by atoms with van der Waals surface area (Å²) >= 11 is 0. The van der Waals surface area contributed by atoms with E-state index >= 15 is 0 Å². The van der Waals surface area contributed by atoms with Crippen molar-refractivity contribution in [1.82, 2.24) is 0 Å². The van der Waals surface area contributed by atoms with E-state index in [1.54, 1.807) is 7.11 Å². The first-order chi connectivity index (χ1) is 8.36. The first-order valence-corrected chi connectivity index (χ1v) is 5.76. The van der Waals surface area contributed by atoms with Gasteiger partial charge in [-0.1, -0.05) is 12.1 Å². The van der Waals surface area contributed by atoms with Crippen LogP contribution in [0.2, 0.25) is 0 Å². The van der Waals surface area contributed by atoms with Gasteiger partial charge in [0.2, 0.25) is 0 Å². The summed E-state index contributed by atoms with van der Waals surface area (Å²) in [7, 11) is 1.62. The molecule has 0 aliphatic carbocycles. The molecule has 0 aromatic heterocycles. The molecule has 5 N–H and O–H groups in total. The number of hydrogen-bond acceptors (Lipinski definition) is 4. The molecule has 0 bridgehead atoms. The lowest BCUT2D eigenvalue weighted by molar-refractivity contribution is -0.138. The fourth-order valence-electron chi connectivity index (χ4n) is 2.03. The molecular formula is C13H20N2O3. The van der Waals surface area contributed by atoms with E-state index in [-0.39, 0.29) is 12.5 Å². The van der Waals surface area contributed by atoms with E-state index in [0.717, 1.165) is 22.4 Å². The fourth-order valence-corrected chi connectivity index (χ4v) is 2.03. The normalized spacial score (nSPS) is 14.1. The van der Waals surface area contributed by atoms with Crippen molar-refractivity contribution in [2.24, 2.45) is 11.5 Å². The molecule has 0 radical (unpaired) electrons. The fraction of sp³-hybridized carbons (Fsp3) is 0.462. The number of nitrogens with two attached hydrogens (primary N) is 2. The van der Waals surface area contributed by atoms with Crippen molar-refractivity contribution in [1.29, 1.82) is 0 Å². The number of carboxylic acid groups (broad SMARTS) is 1. The first-order valence-electron chi connectivity index (χ1n) is 5.76. The van der Waals surface area contributed by atoms with Crippen LogP contribution in [-0.2, 0) is 4.79 Å². The van der Waals surface area contributed by atoms with Gasteiger partial charge in [-0.05, 0) is 37.0 Å². The highest BCUT2D eigenvalue weighted by molar-refractivity contribution is 5.73. The van der Waals surface area contributed by atoms with Crippen LogP contribution in [0.25, 0.3) is 0 Å². The van der Waals surface area contributed by atoms with Gasteiger partial charge < -0.3 is 21.3 Å². The minimum Gasteiger partial charge on any atom is -0.496 e.